The van der Waals surface area contributed by atoms with Gasteiger partial charge in [-0.3, -0.25) is 19.2 Å². The number of thioether (sulfide) groups is 1. The van der Waals surface area contributed by atoms with Crippen molar-refractivity contribution in [2.24, 2.45) is 11.5 Å². The van der Waals surface area contributed by atoms with Crippen LogP contribution in [0.5, 0.6) is 0 Å². The molecule has 0 saturated carbocycles. The van der Waals surface area contributed by atoms with Crippen LogP contribution in [0.4, 0.5) is 0 Å². The van der Waals surface area contributed by atoms with E-state index in [9.17, 15) is 29.1 Å². The van der Waals surface area contributed by atoms with Crippen LogP contribution in [0.25, 0.3) is 0 Å². The number of carboxylic acid groups (broad SMARTS) is 2. The Morgan fingerprint density at radius 2 is 1.50 bits per heavy atom. The van der Waals surface area contributed by atoms with Gasteiger partial charge in [-0.25, -0.2) is 4.79 Å². The molecule has 0 bridgehead atoms. The lowest BCUT2D eigenvalue weighted by Gasteiger charge is -2.23. The van der Waals surface area contributed by atoms with Gasteiger partial charge in [0.25, 0.3) is 0 Å². The molecule has 0 aromatic rings. The molecule has 3 amide bonds. The molecule has 0 aliphatic rings. The van der Waals surface area contributed by atoms with Crippen molar-refractivity contribution in [1.82, 2.24) is 16.0 Å². The quantitative estimate of drug-likeness (QED) is 0.122. The number of carbonyl (C=O) groups excluding carboxylic acids is 3. The van der Waals surface area contributed by atoms with Crippen molar-refractivity contribution in [3.63, 3.8) is 0 Å². The largest absolute Gasteiger partial charge is 0.481 e. The first kappa shape index (κ1) is 29.6. The minimum Gasteiger partial charge on any atom is -0.481 e. The van der Waals surface area contributed by atoms with E-state index < -0.39 is 53.8 Å². The van der Waals surface area contributed by atoms with Crippen LogP contribution in [-0.2, 0) is 24.0 Å². The number of hydrogen-bond acceptors (Lipinski definition) is 8. The topological polar surface area (TPSA) is 214 Å². The van der Waals surface area contributed by atoms with Gasteiger partial charge in [-0.1, -0.05) is 0 Å². The zero-order chi connectivity index (χ0) is 24.7. The van der Waals surface area contributed by atoms with Gasteiger partial charge in [0.15, 0.2) is 0 Å². The molecular formula is C19H35N5O7S. The number of unbranched alkanes of at least 4 members (excludes halogenated alkanes) is 1. The van der Waals surface area contributed by atoms with Crippen molar-refractivity contribution >= 4 is 41.4 Å². The van der Waals surface area contributed by atoms with E-state index in [1.165, 1.54) is 18.7 Å². The first-order chi connectivity index (χ1) is 15.0. The minimum atomic E-state index is -1.21. The molecule has 13 heteroatoms. The van der Waals surface area contributed by atoms with Gasteiger partial charge in [-0.15, -0.1) is 0 Å². The molecule has 0 aromatic carbocycles. The lowest BCUT2D eigenvalue weighted by atomic mass is 10.1. The number of amides is 3. The Bertz CT molecular complexity index is 650. The van der Waals surface area contributed by atoms with Crippen LogP contribution in [-0.4, -0.2) is 82.6 Å². The first-order valence-corrected chi connectivity index (χ1v) is 11.7. The predicted octanol–water partition coefficient (Wildman–Crippen LogP) is -1.38. The summed E-state index contributed by atoms with van der Waals surface area (Å²) in [5.41, 5.74) is 11.2. The maximum atomic E-state index is 12.6. The molecule has 0 saturated heterocycles. The summed E-state index contributed by atoms with van der Waals surface area (Å²) < 4.78 is 0. The molecule has 0 aliphatic heterocycles. The Kier molecular flexibility index (Phi) is 15.1. The molecule has 0 spiro atoms. The van der Waals surface area contributed by atoms with E-state index in [4.69, 9.17) is 16.6 Å². The Labute approximate surface area is 191 Å². The van der Waals surface area contributed by atoms with Crippen molar-refractivity contribution in [2.75, 3.05) is 18.6 Å². The molecule has 4 atom stereocenters. The van der Waals surface area contributed by atoms with E-state index in [2.05, 4.69) is 16.0 Å². The van der Waals surface area contributed by atoms with Crippen LogP contribution in [0.2, 0.25) is 0 Å². The summed E-state index contributed by atoms with van der Waals surface area (Å²) in [5.74, 6) is -3.83. The number of carboxylic acids is 2. The molecule has 32 heavy (non-hydrogen) atoms. The SMILES string of the molecule is CSCCC(N)C(=O)NC(CCC(=O)O)C(=O)NC(C)C(=O)NC(CCCCN)C(=O)O. The van der Waals surface area contributed by atoms with Gasteiger partial charge in [0, 0.05) is 6.42 Å². The maximum absolute atomic E-state index is 12.6. The Hall–Kier alpha value is -2.38. The molecule has 0 fully saturated rings. The van der Waals surface area contributed by atoms with E-state index in [0.717, 1.165) is 0 Å². The highest BCUT2D eigenvalue weighted by Gasteiger charge is 2.28. The fraction of sp³-hybridized carbons (Fsp3) is 0.737. The monoisotopic (exact) mass is 477 g/mol. The summed E-state index contributed by atoms with van der Waals surface area (Å²) in [5, 5.41) is 25.3. The lowest BCUT2D eigenvalue weighted by Crippen LogP contribution is -2.56. The molecule has 4 unspecified atom stereocenters. The van der Waals surface area contributed by atoms with E-state index in [0.29, 0.717) is 31.6 Å². The maximum Gasteiger partial charge on any atom is 0.326 e. The zero-order valence-corrected chi connectivity index (χ0v) is 19.3. The highest BCUT2D eigenvalue weighted by molar-refractivity contribution is 7.98. The number of rotatable bonds is 17. The van der Waals surface area contributed by atoms with Gasteiger partial charge < -0.3 is 37.6 Å². The average Bonchev–Trinajstić information content (AvgIpc) is 2.73. The first-order valence-electron chi connectivity index (χ1n) is 10.3. The van der Waals surface area contributed by atoms with Crippen molar-refractivity contribution in [3.05, 3.63) is 0 Å². The lowest BCUT2D eigenvalue weighted by molar-refractivity contribution is -0.142. The zero-order valence-electron chi connectivity index (χ0n) is 18.5. The second-order valence-corrected chi connectivity index (χ2v) is 8.28. The summed E-state index contributed by atoms with van der Waals surface area (Å²) in [4.78, 5) is 59.4. The summed E-state index contributed by atoms with van der Waals surface area (Å²) in [6.45, 7) is 1.75. The van der Waals surface area contributed by atoms with Crippen LogP contribution < -0.4 is 27.4 Å². The molecule has 0 aromatic heterocycles. The highest BCUT2D eigenvalue weighted by atomic mass is 32.2. The summed E-state index contributed by atoms with van der Waals surface area (Å²) >= 11 is 1.50. The fourth-order valence-corrected chi connectivity index (χ4v) is 3.11. The third kappa shape index (κ3) is 12.5. The van der Waals surface area contributed by atoms with Crippen molar-refractivity contribution in [1.29, 1.82) is 0 Å². The average molecular weight is 478 g/mol. The van der Waals surface area contributed by atoms with E-state index in [-0.39, 0.29) is 19.3 Å². The van der Waals surface area contributed by atoms with Gasteiger partial charge in [0.2, 0.25) is 17.7 Å². The molecule has 0 radical (unpaired) electrons. The van der Waals surface area contributed by atoms with Crippen LogP contribution in [0.1, 0.15) is 45.4 Å². The highest BCUT2D eigenvalue weighted by Crippen LogP contribution is 2.04. The van der Waals surface area contributed by atoms with Gasteiger partial charge in [0.05, 0.1) is 6.04 Å². The normalized spacial score (nSPS) is 14.5. The van der Waals surface area contributed by atoms with Crippen LogP contribution in [0.15, 0.2) is 0 Å². The third-order valence-electron chi connectivity index (χ3n) is 4.56. The second-order valence-electron chi connectivity index (χ2n) is 7.30. The van der Waals surface area contributed by atoms with Crippen molar-refractivity contribution < 1.29 is 34.2 Å². The van der Waals surface area contributed by atoms with Crippen molar-refractivity contribution in [2.45, 2.75) is 69.6 Å². The summed E-state index contributed by atoms with van der Waals surface area (Å²) in [6, 6.07) is -4.33. The smallest absolute Gasteiger partial charge is 0.326 e. The van der Waals surface area contributed by atoms with Gasteiger partial charge in [-0.05, 0) is 57.6 Å². The molecule has 0 rings (SSSR count). The standard InChI is InChI=1S/C19H35N5O7S/c1-11(16(27)24-14(19(30)31)5-3-4-9-20)22-18(29)13(6-7-15(25)26)23-17(28)12(21)8-10-32-2/h11-14H,3-10,20-21H2,1-2H3,(H,22,29)(H,23,28)(H,24,27)(H,25,26)(H,30,31). The molecular weight excluding hydrogens is 442 g/mol. The number of nitrogens with two attached hydrogens (primary N) is 2. The number of nitrogens with one attached hydrogen (secondary N) is 3. The summed E-state index contributed by atoms with van der Waals surface area (Å²) in [7, 11) is 0. The van der Waals surface area contributed by atoms with Gasteiger partial charge in [-0.2, -0.15) is 11.8 Å². The molecule has 9 N–H and O–H groups in total. The van der Waals surface area contributed by atoms with Crippen molar-refractivity contribution in [3.8, 4) is 0 Å². The number of carbonyl (C=O) groups is 5. The van der Waals surface area contributed by atoms with Gasteiger partial charge in [0.1, 0.15) is 18.1 Å². The minimum absolute atomic E-state index is 0.185. The van der Waals surface area contributed by atoms with E-state index in [1.807, 2.05) is 6.26 Å². The second kappa shape index (κ2) is 16.3. The Morgan fingerprint density at radius 3 is 2.03 bits per heavy atom. The molecule has 184 valence electrons. The number of aliphatic carboxylic acids is 2. The van der Waals surface area contributed by atoms with Crippen LogP contribution >= 0.6 is 11.8 Å². The Morgan fingerprint density at radius 1 is 0.875 bits per heavy atom. The Balaban J connectivity index is 5.03. The van der Waals surface area contributed by atoms with E-state index >= 15 is 0 Å². The van der Waals surface area contributed by atoms with E-state index in [1.54, 1.807) is 0 Å². The summed E-state index contributed by atoms with van der Waals surface area (Å²) in [6.07, 6.45) is 2.94. The fourth-order valence-electron chi connectivity index (χ4n) is 2.62. The molecule has 0 aliphatic carbocycles. The predicted molar refractivity (Wildman–Crippen MR) is 120 cm³/mol. The van der Waals surface area contributed by atoms with Crippen LogP contribution in [0, 0.1) is 0 Å². The number of hydrogen-bond donors (Lipinski definition) is 7. The molecule has 0 heterocycles. The molecule has 12 nitrogen and oxygen atoms in total. The third-order valence-corrected chi connectivity index (χ3v) is 5.21. The van der Waals surface area contributed by atoms with Gasteiger partial charge >= 0.3 is 11.9 Å². The van der Waals surface area contributed by atoms with Crippen LogP contribution in [0.3, 0.4) is 0 Å².